The molecule has 2 N–H and O–H groups in total. The minimum atomic E-state index is -1.01. The first-order chi connectivity index (χ1) is 8.93. The third-order valence-electron chi connectivity index (χ3n) is 2.67. The van der Waals surface area contributed by atoms with E-state index >= 15 is 0 Å². The molecule has 1 aromatic rings. The van der Waals surface area contributed by atoms with E-state index in [4.69, 9.17) is 9.84 Å². The van der Waals surface area contributed by atoms with E-state index in [1.165, 1.54) is 12.1 Å². The Morgan fingerprint density at radius 1 is 1.47 bits per heavy atom. The average Bonchev–Trinajstić information content (AvgIpc) is 2.38. The summed E-state index contributed by atoms with van der Waals surface area (Å²) < 4.78 is 5.60. The Kier molecular flexibility index (Phi) is 5.98. The molecule has 1 amide bonds. The van der Waals surface area contributed by atoms with Gasteiger partial charge in [-0.15, -0.1) is 0 Å². The Bertz CT molecular complexity index is 476. The summed E-state index contributed by atoms with van der Waals surface area (Å²) >= 11 is 3.23. The van der Waals surface area contributed by atoms with Crippen LogP contribution in [-0.4, -0.2) is 30.2 Å². The van der Waals surface area contributed by atoms with Crippen molar-refractivity contribution in [3.05, 3.63) is 28.2 Å². The van der Waals surface area contributed by atoms with Crippen LogP contribution >= 0.6 is 15.9 Å². The first-order valence-corrected chi connectivity index (χ1v) is 6.58. The number of amides is 1. The summed E-state index contributed by atoms with van der Waals surface area (Å²) in [6.07, 6.45) is 1.01. The van der Waals surface area contributed by atoms with Crippen molar-refractivity contribution in [3.63, 3.8) is 0 Å². The normalized spacial score (nSPS) is 11.9. The lowest BCUT2D eigenvalue weighted by atomic mass is 10.2. The summed E-state index contributed by atoms with van der Waals surface area (Å²) in [6.45, 7) is 1.89. The van der Waals surface area contributed by atoms with Crippen molar-refractivity contribution in [2.24, 2.45) is 0 Å². The van der Waals surface area contributed by atoms with Crippen LogP contribution in [0.25, 0.3) is 0 Å². The molecule has 1 unspecified atom stereocenters. The highest BCUT2D eigenvalue weighted by Crippen LogP contribution is 2.24. The van der Waals surface area contributed by atoms with E-state index in [1.54, 1.807) is 13.2 Å². The fourth-order valence-corrected chi connectivity index (χ4v) is 1.89. The number of hydrogen-bond donors (Lipinski definition) is 2. The van der Waals surface area contributed by atoms with Crippen LogP contribution in [0.5, 0.6) is 0 Å². The molecule has 0 bridgehead atoms. The van der Waals surface area contributed by atoms with Gasteiger partial charge in [0.15, 0.2) is 0 Å². The van der Waals surface area contributed by atoms with Crippen molar-refractivity contribution in [1.29, 1.82) is 0 Å². The van der Waals surface area contributed by atoms with Crippen molar-refractivity contribution in [2.75, 3.05) is 12.4 Å². The molecule has 1 aromatic carbocycles. The van der Waals surface area contributed by atoms with E-state index in [1.807, 2.05) is 6.92 Å². The number of carbonyl (C=O) groups is 2. The summed E-state index contributed by atoms with van der Waals surface area (Å²) in [7, 11) is 1.60. The number of ether oxygens (including phenoxy) is 1. The van der Waals surface area contributed by atoms with Crippen molar-refractivity contribution >= 4 is 33.5 Å². The number of anilines is 1. The van der Waals surface area contributed by atoms with Gasteiger partial charge in [-0.1, -0.05) is 0 Å². The lowest BCUT2D eigenvalue weighted by Gasteiger charge is -2.10. The highest BCUT2D eigenvalue weighted by atomic mass is 79.9. The number of carbonyl (C=O) groups excluding carboxylic acids is 1. The maximum Gasteiger partial charge on any atom is 0.335 e. The van der Waals surface area contributed by atoms with Crippen LogP contribution in [0.4, 0.5) is 5.69 Å². The Labute approximate surface area is 120 Å². The molecular formula is C13H16BrNO4. The van der Waals surface area contributed by atoms with Gasteiger partial charge in [0.25, 0.3) is 0 Å². The molecule has 0 saturated carbocycles. The molecule has 19 heavy (non-hydrogen) atoms. The third kappa shape index (κ3) is 5.00. The Balaban J connectivity index is 2.62. The third-order valence-corrected chi connectivity index (χ3v) is 3.33. The van der Waals surface area contributed by atoms with Crippen molar-refractivity contribution in [2.45, 2.75) is 25.9 Å². The zero-order chi connectivity index (χ0) is 14.4. The van der Waals surface area contributed by atoms with Gasteiger partial charge in [0.05, 0.1) is 17.4 Å². The number of nitrogens with one attached hydrogen (secondary N) is 1. The van der Waals surface area contributed by atoms with Crippen LogP contribution in [0, 0.1) is 0 Å². The maximum absolute atomic E-state index is 11.7. The molecule has 0 radical (unpaired) electrons. The highest BCUT2D eigenvalue weighted by molar-refractivity contribution is 9.10. The summed E-state index contributed by atoms with van der Waals surface area (Å²) in [5, 5.41) is 11.6. The van der Waals surface area contributed by atoms with Crippen LogP contribution in [0.1, 0.15) is 30.1 Å². The van der Waals surface area contributed by atoms with Crippen LogP contribution < -0.4 is 5.32 Å². The van der Waals surface area contributed by atoms with E-state index in [0.29, 0.717) is 23.0 Å². The van der Waals surface area contributed by atoms with Gasteiger partial charge in [-0.25, -0.2) is 4.79 Å². The van der Waals surface area contributed by atoms with Crippen LogP contribution in [0.3, 0.4) is 0 Å². The van der Waals surface area contributed by atoms with Gasteiger partial charge in [0, 0.05) is 18.0 Å². The quantitative estimate of drug-likeness (QED) is 0.841. The Morgan fingerprint density at radius 2 is 2.16 bits per heavy atom. The summed E-state index contributed by atoms with van der Waals surface area (Å²) in [4.78, 5) is 22.5. The topological polar surface area (TPSA) is 75.6 Å². The van der Waals surface area contributed by atoms with Crippen LogP contribution in [-0.2, 0) is 9.53 Å². The Hall–Kier alpha value is -1.40. The van der Waals surface area contributed by atoms with Crippen molar-refractivity contribution < 1.29 is 19.4 Å². The minimum Gasteiger partial charge on any atom is -0.478 e. The molecule has 6 heteroatoms. The lowest BCUT2D eigenvalue weighted by Crippen LogP contribution is -2.15. The first kappa shape index (κ1) is 15.7. The van der Waals surface area contributed by atoms with Gasteiger partial charge < -0.3 is 15.2 Å². The molecule has 0 heterocycles. The SMILES string of the molecule is COC(C)CCC(=O)Nc1ccc(C(=O)O)cc1Br. The van der Waals surface area contributed by atoms with Gasteiger partial charge in [-0.05, 0) is 47.5 Å². The zero-order valence-electron chi connectivity index (χ0n) is 10.8. The van der Waals surface area contributed by atoms with E-state index < -0.39 is 5.97 Å². The van der Waals surface area contributed by atoms with Crippen LogP contribution in [0.15, 0.2) is 22.7 Å². The number of benzene rings is 1. The maximum atomic E-state index is 11.7. The monoisotopic (exact) mass is 329 g/mol. The van der Waals surface area contributed by atoms with E-state index in [2.05, 4.69) is 21.2 Å². The first-order valence-electron chi connectivity index (χ1n) is 5.79. The molecule has 0 aliphatic heterocycles. The number of rotatable bonds is 6. The smallest absolute Gasteiger partial charge is 0.335 e. The molecule has 0 aliphatic carbocycles. The molecule has 104 valence electrons. The molecule has 1 rings (SSSR count). The molecule has 5 nitrogen and oxygen atoms in total. The Morgan fingerprint density at radius 3 is 2.68 bits per heavy atom. The second kappa shape index (κ2) is 7.25. The largest absolute Gasteiger partial charge is 0.478 e. The number of halogens is 1. The van der Waals surface area contributed by atoms with E-state index in [0.717, 1.165) is 0 Å². The van der Waals surface area contributed by atoms with E-state index in [9.17, 15) is 9.59 Å². The van der Waals surface area contributed by atoms with Crippen molar-refractivity contribution in [1.82, 2.24) is 0 Å². The lowest BCUT2D eigenvalue weighted by molar-refractivity contribution is -0.116. The van der Waals surface area contributed by atoms with Gasteiger partial charge in [-0.3, -0.25) is 4.79 Å². The average molecular weight is 330 g/mol. The summed E-state index contributed by atoms with van der Waals surface area (Å²) in [5.74, 6) is -1.14. The van der Waals surface area contributed by atoms with Gasteiger partial charge in [0.2, 0.25) is 5.91 Å². The van der Waals surface area contributed by atoms with E-state index in [-0.39, 0.29) is 17.6 Å². The minimum absolute atomic E-state index is 0.0311. The second-order valence-electron chi connectivity index (χ2n) is 4.13. The van der Waals surface area contributed by atoms with Crippen molar-refractivity contribution in [3.8, 4) is 0 Å². The fraction of sp³-hybridized carbons (Fsp3) is 0.385. The van der Waals surface area contributed by atoms with Gasteiger partial charge in [-0.2, -0.15) is 0 Å². The molecule has 0 aromatic heterocycles. The second-order valence-corrected chi connectivity index (χ2v) is 4.99. The molecule has 0 saturated heterocycles. The molecule has 0 spiro atoms. The number of hydrogen-bond acceptors (Lipinski definition) is 3. The number of carboxylic acids is 1. The van der Waals surface area contributed by atoms with Gasteiger partial charge in [0.1, 0.15) is 0 Å². The summed E-state index contributed by atoms with van der Waals surface area (Å²) in [5.41, 5.74) is 0.720. The number of aromatic carboxylic acids is 1. The standard InChI is InChI=1S/C13H16BrNO4/c1-8(19-2)3-6-12(16)15-11-5-4-9(13(17)18)7-10(11)14/h4-5,7-8H,3,6H2,1-2H3,(H,15,16)(H,17,18). The number of methoxy groups -OCH3 is 1. The molecule has 0 fully saturated rings. The fourth-order valence-electron chi connectivity index (χ4n) is 1.41. The zero-order valence-corrected chi connectivity index (χ0v) is 12.4. The van der Waals surface area contributed by atoms with Crippen LogP contribution in [0.2, 0.25) is 0 Å². The summed E-state index contributed by atoms with van der Waals surface area (Å²) in [6, 6.07) is 4.46. The van der Waals surface area contributed by atoms with Gasteiger partial charge >= 0.3 is 5.97 Å². The molecule has 0 aliphatic rings. The highest BCUT2D eigenvalue weighted by Gasteiger charge is 2.10. The molecular weight excluding hydrogens is 314 g/mol. The predicted octanol–water partition coefficient (Wildman–Crippen LogP) is 2.90. The predicted molar refractivity (Wildman–Crippen MR) is 75.4 cm³/mol. The molecule has 1 atom stereocenters. The number of carboxylic acid groups (broad SMARTS) is 1.